The summed E-state index contributed by atoms with van der Waals surface area (Å²) in [4.78, 5) is 12.0. The molecule has 110 valence electrons. The number of carbonyl (C=O) groups excluding carboxylic acids is 1. The van der Waals surface area contributed by atoms with E-state index in [-0.39, 0.29) is 12.3 Å². The molecule has 0 atom stereocenters. The van der Waals surface area contributed by atoms with Crippen LogP contribution >= 0.6 is 0 Å². The monoisotopic (exact) mass is 286 g/mol. The minimum Gasteiger partial charge on any atom is -0.487 e. The SMILES string of the molecule is C=C(C)COc1ccccc1NC(=O)Cc1cc(C)no1. The lowest BCUT2D eigenvalue weighted by Crippen LogP contribution is -2.15. The van der Waals surface area contributed by atoms with Crippen LogP contribution in [0.1, 0.15) is 18.4 Å². The third kappa shape index (κ3) is 4.49. The van der Waals surface area contributed by atoms with Gasteiger partial charge in [0.05, 0.1) is 17.8 Å². The molecule has 0 saturated heterocycles. The van der Waals surface area contributed by atoms with Crippen LogP contribution in [0.3, 0.4) is 0 Å². The molecule has 0 unspecified atom stereocenters. The van der Waals surface area contributed by atoms with Crippen molar-refractivity contribution in [2.24, 2.45) is 0 Å². The van der Waals surface area contributed by atoms with Crippen LogP contribution in [0.15, 0.2) is 47.0 Å². The van der Waals surface area contributed by atoms with Gasteiger partial charge in [0.2, 0.25) is 5.91 Å². The van der Waals surface area contributed by atoms with E-state index >= 15 is 0 Å². The predicted octanol–water partition coefficient (Wildman–Crippen LogP) is 3.12. The van der Waals surface area contributed by atoms with Crippen LogP contribution < -0.4 is 10.1 Å². The van der Waals surface area contributed by atoms with Crippen molar-refractivity contribution in [3.05, 3.63) is 53.9 Å². The van der Waals surface area contributed by atoms with Crippen molar-refractivity contribution >= 4 is 11.6 Å². The van der Waals surface area contributed by atoms with E-state index in [9.17, 15) is 4.79 Å². The third-order valence-electron chi connectivity index (χ3n) is 2.65. The molecule has 1 heterocycles. The minimum absolute atomic E-state index is 0.135. The summed E-state index contributed by atoms with van der Waals surface area (Å²) in [7, 11) is 0. The molecule has 0 aliphatic heterocycles. The van der Waals surface area contributed by atoms with Gasteiger partial charge < -0.3 is 14.6 Å². The van der Waals surface area contributed by atoms with E-state index in [1.165, 1.54) is 0 Å². The fourth-order valence-electron chi connectivity index (χ4n) is 1.75. The first kappa shape index (κ1) is 14.8. The van der Waals surface area contributed by atoms with Gasteiger partial charge in [-0.05, 0) is 31.6 Å². The van der Waals surface area contributed by atoms with Crippen LogP contribution in [0.5, 0.6) is 5.75 Å². The first-order valence-electron chi connectivity index (χ1n) is 6.63. The average molecular weight is 286 g/mol. The second-order valence-electron chi connectivity index (χ2n) is 4.90. The van der Waals surface area contributed by atoms with Gasteiger partial charge in [-0.1, -0.05) is 23.9 Å². The lowest BCUT2D eigenvalue weighted by Gasteiger charge is -2.12. The molecule has 0 aliphatic rings. The first-order valence-corrected chi connectivity index (χ1v) is 6.63. The van der Waals surface area contributed by atoms with E-state index in [4.69, 9.17) is 9.26 Å². The predicted molar refractivity (Wildman–Crippen MR) is 80.3 cm³/mol. The van der Waals surface area contributed by atoms with E-state index in [2.05, 4.69) is 17.1 Å². The smallest absolute Gasteiger partial charge is 0.232 e. The van der Waals surface area contributed by atoms with E-state index in [0.29, 0.717) is 23.8 Å². The topological polar surface area (TPSA) is 64.4 Å². The van der Waals surface area contributed by atoms with Crippen molar-refractivity contribution in [2.75, 3.05) is 11.9 Å². The van der Waals surface area contributed by atoms with Gasteiger partial charge in [-0.2, -0.15) is 0 Å². The summed E-state index contributed by atoms with van der Waals surface area (Å²) in [5, 5.41) is 6.56. The quantitative estimate of drug-likeness (QED) is 0.829. The maximum Gasteiger partial charge on any atom is 0.232 e. The van der Waals surface area contributed by atoms with Gasteiger partial charge >= 0.3 is 0 Å². The Morgan fingerprint density at radius 3 is 2.86 bits per heavy atom. The van der Waals surface area contributed by atoms with Gasteiger partial charge in [0.15, 0.2) is 0 Å². The van der Waals surface area contributed by atoms with Crippen LogP contribution in [-0.4, -0.2) is 17.7 Å². The Bertz CT molecular complexity index is 646. The van der Waals surface area contributed by atoms with E-state index in [1.54, 1.807) is 18.2 Å². The highest BCUT2D eigenvalue weighted by Crippen LogP contribution is 2.24. The third-order valence-corrected chi connectivity index (χ3v) is 2.65. The molecule has 0 fully saturated rings. The zero-order chi connectivity index (χ0) is 15.2. The molecule has 21 heavy (non-hydrogen) atoms. The highest BCUT2D eigenvalue weighted by Gasteiger charge is 2.11. The summed E-state index contributed by atoms with van der Waals surface area (Å²) in [6.45, 7) is 7.89. The highest BCUT2D eigenvalue weighted by atomic mass is 16.5. The number of aryl methyl sites for hydroxylation is 1. The number of benzene rings is 1. The van der Waals surface area contributed by atoms with Crippen molar-refractivity contribution in [1.82, 2.24) is 5.16 Å². The van der Waals surface area contributed by atoms with Crippen LogP contribution in [0.4, 0.5) is 5.69 Å². The molecule has 0 spiro atoms. The number of hydrogen-bond donors (Lipinski definition) is 1. The molecule has 1 aromatic heterocycles. The maximum absolute atomic E-state index is 12.0. The second-order valence-corrected chi connectivity index (χ2v) is 4.90. The van der Waals surface area contributed by atoms with Gasteiger partial charge in [-0.25, -0.2) is 0 Å². The van der Waals surface area contributed by atoms with Gasteiger partial charge in [-0.3, -0.25) is 4.79 Å². The van der Waals surface area contributed by atoms with Gasteiger partial charge in [-0.15, -0.1) is 0 Å². The van der Waals surface area contributed by atoms with Crippen molar-refractivity contribution in [3.63, 3.8) is 0 Å². The molecule has 0 bridgehead atoms. The lowest BCUT2D eigenvalue weighted by molar-refractivity contribution is -0.115. The van der Waals surface area contributed by atoms with E-state index < -0.39 is 0 Å². The van der Waals surface area contributed by atoms with E-state index in [0.717, 1.165) is 11.3 Å². The van der Waals surface area contributed by atoms with E-state index in [1.807, 2.05) is 26.0 Å². The summed E-state index contributed by atoms with van der Waals surface area (Å²) in [6, 6.07) is 9.02. The molecule has 0 aliphatic carbocycles. The molecule has 2 rings (SSSR count). The number of ether oxygens (including phenoxy) is 1. The molecule has 0 radical (unpaired) electrons. The summed E-state index contributed by atoms with van der Waals surface area (Å²) in [5.41, 5.74) is 2.29. The normalized spacial score (nSPS) is 10.2. The average Bonchev–Trinajstić information content (AvgIpc) is 2.83. The zero-order valence-corrected chi connectivity index (χ0v) is 12.2. The molecule has 1 aromatic carbocycles. The van der Waals surface area contributed by atoms with Gasteiger partial charge in [0.25, 0.3) is 0 Å². The maximum atomic E-state index is 12.0. The summed E-state index contributed by atoms with van der Waals surface area (Å²) < 4.78 is 10.6. The Morgan fingerprint density at radius 2 is 2.19 bits per heavy atom. The van der Waals surface area contributed by atoms with Crippen molar-refractivity contribution in [3.8, 4) is 5.75 Å². The Hall–Kier alpha value is -2.56. The zero-order valence-electron chi connectivity index (χ0n) is 12.2. The first-order chi connectivity index (χ1) is 10.0. The number of rotatable bonds is 6. The number of hydrogen-bond acceptors (Lipinski definition) is 4. The Morgan fingerprint density at radius 1 is 1.43 bits per heavy atom. The van der Waals surface area contributed by atoms with Crippen LogP contribution in [-0.2, 0) is 11.2 Å². The largest absolute Gasteiger partial charge is 0.487 e. The number of para-hydroxylation sites is 2. The molecule has 2 aromatic rings. The molecule has 5 heteroatoms. The van der Waals surface area contributed by atoms with Crippen LogP contribution in [0.2, 0.25) is 0 Å². The van der Waals surface area contributed by atoms with Crippen LogP contribution in [0, 0.1) is 6.92 Å². The van der Waals surface area contributed by atoms with Crippen molar-refractivity contribution in [2.45, 2.75) is 20.3 Å². The number of nitrogens with one attached hydrogen (secondary N) is 1. The molecule has 1 N–H and O–H groups in total. The Kier molecular flexibility index (Phi) is 4.77. The Balaban J connectivity index is 2.01. The molecule has 5 nitrogen and oxygen atoms in total. The molecular weight excluding hydrogens is 268 g/mol. The molecular formula is C16H18N2O3. The minimum atomic E-state index is -0.183. The number of anilines is 1. The lowest BCUT2D eigenvalue weighted by atomic mass is 10.2. The fraction of sp³-hybridized carbons (Fsp3) is 0.250. The van der Waals surface area contributed by atoms with Crippen molar-refractivity contribution < 1.29 is 14.1 Å². The van der Waals surface area contributed by atoms with Gasteiger partial charge in [0, 0.05) is 6.07 Å². The second kappa shape index (κ2) is 6.74. The molecule has 0 saturated carbocycles. The number of carbonyl (C=O) groups is 1. The van der Waals surface area contributed by atoms with Crippen molar-refractivity contribution in [1.29, 1.82) is 0 Å². The summed E-state index contributed by atoms with van der Waals surface area (Å²) in [5.74, 6) is 0.963. The molecule has 1 amide bonds. The fourth-order valence-corrected chi connectivity index (χ4v) is 1.75. The number of aromatic nitrogens is 1. The number of amides is 1. The number of nitrogens with zero attached hydrogens (tertiary/aromatic N) is 1. The summed E-state index contributed by atoms with van der Waals surface area (Å²) in [6.07, 6.45) is 0.135. The standard InChI is InChI=1S/C16H18N2O3/c1-11(2)10-20-15-7-5-4-6-14(15)17-16(19)9-13-8-12(3)18-21-13/h4-8H,1,9-10H2,2-3H3,(H,17,19). The van der Waals surface area contributed by atoms with Gasteiger partial charge in [0.1, 0.15) is 18.1 Å². The van der Waals surface area contributed by atoms with Crippen LogP contribution in [0.25, 0.3) is 0 Å². The Labute approximate surface area is 123 Å². The summed E-state index contributed by atoms with van der Waals surface area (Å²) >= 11 is 0. The highest BCUT2D eigenvalue weighted by molar-refractivity contribution is 5.93.